The first-order valence-electron chi connectivity index (χ1n) is 6.32. The summed E-state index contributed by atoms with van der Waals surface area (Å²) in [6, 6.07) is 9.08. The molecule has 0 aliphatic rings. The minimum Gasteiger partial charge on any atom is -0.478 e. The van der Waals surface area contributed by atoms with Crippen molar-refractivity contribution in [3.05, 3.63) is 59.9 Å². The number of alkyl halides is 3. The number of ether oxygens (including phenoxy) is 1. The second-order valence-corrected chi connectivity index (χ2v) is 4.46. The first-order valence-corrected chi connectivity index (χ1v) is 6.32. The highest BCUT2D eigenvalue weighted by Gasteiger charge is 2.31. The van der Waals surface area contributed by atoms with Gasteiger partial charge in [-0.1, -0.05) is 30.3 Å². The Morgan fingerprint density at radius 1 is 1.13 bits per heavy atom. The van der Waals surface area contributed by atoms with Crippen LogP contribution in [0.5, 0.6) is 5.75 Å². The van der Waals surface area contributed by atoms with Gasteiger partial charge in [0, 0.05) is 17.2 Å². The third-order valence-corrected chi connectivity index (χ3v) is 2.81. The number of rotatable bonds is 4. The maximum atomic E-state index is 14.4. The summed E-state index contributed by atoms with van der Waals surface area (Å²) in [5.41, 5.74) is 0.215. The van der Waals surface area contributed by atoms with Gasteiger partial charge in [0.1, 0.15) is 11.6 Å². The van der Waals surface area contributed by atoms with E-state index in [1.165, 1.54) is 30.3 Å². The Bertz CT molecular complexity index is 751. The minimum absolute atomic E-state index is 0.00652. The second kappa shape index (κ2) is 6.51. The van der Waals surface area contributed by atoms with Crippen LogP contribution in [0.15, 0.2) is 48.5 Å². The Kier molecular flexibility index (Phi) is 4.68. The van der Waals surface area contributed by atoms with E-state index in [2.05, 4.69) is 4.74 Å². The van der Waals surface area contributed by atoms with Gasteiger partial charge in [-0.3, -0.25) is 0 Å². The molecule has 0 aliphatic heterocycles. The second-order valence-electron chi connectivity index (χ2n) is 4.46. The van der Waals surface area contributed by atoms with Crippen LogP contribution in [0, 0.1) is 5.82 Å². The Hall–Kier alpha value is -2.83. The summed E-state index contributed by atoms with van der Waals surface area (Å²) in [6.07, 6.45) is -3.01. The molecule has 0 saturated carbocycles. The van der Waals surface area contributed by atoms with E-state index in [4.69, 9.17) is 5.11 Å². The van der Waals surface area contributed by atoms with Crippen LogP contribution in [-0.4, -0.2) is 17.4 Å². The van der Waals surface area contributed by atoms with Gasteiger partial charge in [0.25, 0.3) is 0 Å². The maximum absolute atomic E-state index is 14.4. The Morgan fingerprint density at radius 2 is 1.83 bits per heavy atom. The monoisotopic (exact) mass is 326 g/mol. The van der Waals surface area contributed by atoms with Crippen LogP contribution >= 0.6 is 0 Å². The zero-order chi connectivity index (χ0) is 17.0. The Balaban J connectivity index is 2.41. The number of halogens is 4. The molecule has 0 radical (unpaired) electrons. The molecule has 0 heterocycles. The number of carboxylic acid groups (broad SMARTS) is 1. The maximum Gasteiger partial charge on any atom is 0.573 e. The molecule has 2 aromatic carbocycles. The van der Waals surface area contributed by atoms with Crippen LogP contribution in [0.4, 0.5) is 17.6 Å². The SMILES string of the molecule is O=C(O)/C=C/c1cccc(-c2cccc(OC(F)(F)F)c2)c1F. The molecule has 120 valence electrons. The van der Waals surface area contributed by atoms with E-state index in [-0.39, 0.29) is 16.7 Å². The van der Waals surface area contributed by atoms with Crippen molar-refractivity contribution in [2.45, 2.75) is 6.36 Å². The molecule has 0 atom stereocenters. The van der Waals surface area contributed by atoms with Gasteiger partial charge in [0.15, 0.2) is 0 Å². The molecule has 7 heteroatoms. The highest BCUT2D eigenvalue weighted by atomic mass is 19.4. The van der Waals surface area contributed by atoms with Crippen molar-refractivity contribution < 1.29 is 32.2 Å². The lowest BCUT2D eigenvalue weighted by Crippen LogP contribution is -2.17. The molecule has 2 aromatic rings. The number of hydrogen-bond donors (Lipinski definition) is 1. The van der Waals surface area contributed by atoms with E-state index in [0.717, 1.165) is 24.3 Å². The first kappa shape index (κ1) is 16.5. The quantitative estimate of drug-likeness (QED) is 0.665. The van der Waals surface area contributed by atoms with Gasteiger partial charge in [0.05, 0.1) is 0 Å². The predicted octanol–water partition coefficient (Wildman–Crippen LogP) is 4.49. The summed E-state index contributed by atoms with van der Waals surface area (Å²) in [5, 5.41) is 8.56. The van der Waals surface area contributed by atoms with Gasteiger partial charge >= 0.3 is 12.3 Å². The van der Waals surface area contributed by atoms with Crippen LogP contribution in [0.2, 0.25) is 0 Å². The van der Waals surface area contributed by atoms with Crippen molar-refractivity contribution in [1.82, 2.24) is 0 Å². The van der Waals surface area contributed by atoms with E-state index >= 15 is 0 Å². The molecule has 1 N–H and O–H groups in total. The lowest BCUT2D eigenvalue weighted by molar-refractivity contribution is -0.274. The van der Waals surface area contributed by atoms with Gasteiger partial charge in [-0.05, 0) is 23.8 Å². The zero-order valence-electron chi connectivity index (χ0n) is 11.5. The Morgan fingerprint density at radius 3 is 2.48 bits per heavy atom. The Labute approximate surface area is 128 Å². The zero-order valence-corrected chi connectivity index (χ0v) is 11.5. The molecule has 3 nitrogen and oxygen atoms in total. The van der Waals surface area contributed by atoms with E-state index < -0.39 is 23.9 Å². The van der Waals surface area contributed by atoms with Crippen molar-refractivity contribution in [3.63, 3.8) is 0 Å². The van der Waals surface area contributed by atoms with Gasteiger partial charge in [0.2, 0.25) is 0 Å². The van der Waals surface area contributed by atoms with Crippen molar-refractivity contribution in [3.8, 4) is 16.9 Å². The van der Waals surface area contributed by atoms with Crippen LogP contribution in [0.3, 0.4) is 0 Å². The molecule has 0 saturated heterocycles. The average molecular weight is 326 g/mol. The van der Waals surface area contributed by atoms with Crippen molar-refractivity contribution >= 4 is 12.0 Å². The number of hydrogen-bond acceptors (Lipinski definition) is 2. The van der Waals surface area contributed by atoms with Crippen LogP contribution in [0.1, 0.15) is 5.56 Å². The smallest absolute Gasteiger partial charge is 0.478 e. The fourth-order valence-electron chi connectivity index (χ4n) is 1.92. The normalized spacial score (nSPS) is 11.7. The molecule has 0 aromatic heterocycles. The minimum atomic E-state index is -4.84. The molecule has 0 spiro atoms. The van der Waals surface area contributed by atoms with E-state index in [0.29, 0.717) is 0 Å². The summed E-state index contributed by atoms with van der Waals surface area (Å²) >= 11 is 0. The average Bonchev–Trinajstić information content (AvgIpc) is 2.44. The van der Waals surface area contributed by atoms with Crippen LogP contribution in [-0.2, 0) is 4.79 Å². The fraction of sp³-hybridized carbons (Fsp3) is 0.0625. The highest BCUT2D eigenvalue weighted by molar-refractivity contribution is 5.85. The van der Waals surface area contributed by atoms with Crippen molar-refractivity contribution in [2.24, 2.45) is 0 Å². The van der Waals surface area contributed by atoms with Gasteiger partial charge in [-0.2, -0.15) is 0 Å². The molecule has 0 amide bonds. The highest BCUT2D eigenvalue weighted by Crippen LogP contribution is 2.30. The van der Waals surface area contributed by atoms with Gasteiger partial charge in [-0.25, -0.2) is 9.18 Å². The summed E-state index contributed by atoms with van der Waals surface area (Å²) in [5.74, 6) is -2.45. The van der Waals surface area contributed by atoms with Crippen LogP contribution < -0.4 is 4.74 Å². The molecular formula is C16H10F4O3. The third-order valence-electron chi connectivity index (χ3n) is 2.81. The standard InChI is InChI=1S/C16H10F4O3/c17-15-10(7-8-14(21)22)3-2-6-13(15)11-4-1-5-12(9-11)23-16(18,19)20/h1-9H,(H,21,22)/b8-7+. The molecule has 0 fully saturated rings. The molecular weight excluding hydrogens is 316 g/mol. The van der Waals surface area contributed by atoms with E-state index in [1.807, 2.05) is 0 Å². The van der Waals surface area contributed by atoms with Crippen molar-refractivity contribution in [2.75, 3.05) is 0 Å². The van der Waals surface area contributed by atoms with Gasteiger partial charge in [-0.15, -0.1) is 13.2 Å². The number of benzene rings is 2. The van der Waals surface area contributed by atoms with Crippen LogP contribution in [0.25, 0.3) is 17.2 Å². The largest absolute Gasteiger partial charge is 0.573 e. The van der Waals surface area contributed by atoms with E-state index in [1.54, 1.807) is 0 Å². The lowest BCUT2D eigenvalue weighted by atomic mass is 10.0. The summed E-state index contributed by atoms with van der Waals surface area (Å²) in [7, 11) is 0. The third kappa shape index (κ3) is 4.57. The fourth-order valence-corrected chi connectivity index (χ4v) is 1.92. The number of aliphatic carboxylic acids is 1. The molecule has 0 aliphatic carbocycles. The first-order chi connectivity index (χ1) is 10.8. The number of carboxylic acids is 1. The molecule has 2 rings (SSSR count). The van der Waals surface area contributed by atoms with E-state index in [9.17, 15) is 22.4 Å². The summed E-state index contributed by atoms with van der Waals surface area (Å²) < 4.78 is 54.9. The molecule has 0 unspecified atom stereocenters. The summed E-state index contributed by atoms with van der Waals surface area (Å²) in [6.45, 7) is 0. The lowest BCUT2D eigenvalue weighted by Gasteiger charge is -2.11. The predicted molar refractivity (Wildman–Crippen MR) is 75.2 cm³/mol. The molecule has 23 heavy (non-hydrogen) atoms. The van der Waals surface area contributed by atoms with Crippen molar-refractivity contribution in [1.29, 1.82) is 0 Å². The molecule has 0 bridgehead atoms. The topological polar surface area (TPSA) is 46.5 Å². The number of carbonyl (C=O) groups is 1. The summed E-state index contributed by atoms with van der Waals surface area (Å²) in [4.78, 5) is 10.5. The van der Waals surface area contributed by atoms with Gasteiger partial charge < -0.3 is 9.84 Å².